The lowest BCUT2D eigenvalue weighted by Gasteiger charge is -2.12. The fourth-order valence-corrected chi connectivity index (χ4v) is 3.55. The number of nitrogens with two attached hydrogens (primary N) is 1. The van der Waals surface area contributed by atoms with E-state index < -0.39 is 10.0 Å². The van der Waals surface area contributed by atoms with Crippen molar-refractivity contribution >= 4 is 34.0 Å². The molecule has 2 aromatic carbocycles. The van der Waals surface area contributed by atoms with E-state index in [1.165, 1.54) is 24.3 Å². The van der Waals surface area contributed by atoms with E-state index in [0.29, 0.717) is 24.3 Å². The van der Waals surface area contributed by atoms with Crippen LogP contribution in [0.15, 0.2) is 47.4 Å². The van der Waals surface area contributed by atoms with Crippen molar-refractivity contribution in [1.82, 2.24) is 5.32 Å². The lowest BCUT2D eigenvalue weighted by atomic mass is 10.1. The smallest absolute Gasteiger partial charge is 0.261 e. The minimum absolute atomic E-state index is 0. The molecule has 0 unspecified atom stereocenters. The third-order valence-corrected chi connectivity index (χ3v) is 5.57. The van der Waals surface area contributed by atoms with Crippen molar-refractivity contribution in [2.45, 2.75) is 31.6 Å². The van der Waals surface area contributed by atoms with Gasteiger partial charge in [-0.05, 0) is 74.7 Å². The van der Waals surface area contributed by atoms with E-state index in [9.17, 15) is 13.2 Å². The van der Waals surface area contributed by atoms with Crippen molar-refractivity contribution in [3.05, 3.63) is 59.2 Å². The molecule has 8 heteroatoms. The second kappa shape index (κ2) is 10.3. The Morgan fingerprint density at radius 2 is 1.70 bits per heavy atom. The SMILES string of the molecule is Cc1cccc(NS(=O)(=O)c2ccc(C(=O)NCCCCN)cc2)c1C.Cl. The average molecular weight is 412 g/mol. The Balaban J connectivity index is 0.00000364. The first-order chi connectivity index (χ1) is 12.3. The highest BCUT2D eigenvalue weighted by Crippen LogP contribution is 2.22. The van der Waals surface area contributed by atoms with Crippen LogP contribution < -0.4 is 15.8 Å². The third kappa shape index (κ3) is 6.23. The molecular formula is C19H26ClN3O3S. The van der Waals surface area contributed by atoms with Gasteiger partial charge in [-0.25, -0.2) is 8.42 Å². The van der Waals surface area contributed by atoms with Crippen LogP contribution in [0.2, 0.25) is 0 Å². The molecule has 0 spiro atoms. The number of anilines is 1. The Bertz CT molecular complexity index is 868. The van der Waals surface area contributed by atoms with Crippen molar-refractivity contribution in [3.63, 3.8) is 0 Å². The monoisotopic (exact) mass is 411 g/mol. The predicted molar refractivity (Wildman–Crippen MR) is 111 cm³/mol. The summed E-state index contributed by atoms with van der Waals surface area (Å²) < 4.78 is 27.7. The molecule has 148 valence electrons. The zero-order valence-corrected chi connectivity index (χ0v) is 17.1. The first kappa shape index (κ1) is 23.0. The molecule has 2 aromatic rings. The number of carbonyl (C=O) groups excluding carboxylic acids is 1. The Kier molecular flexibility index (Phi) is 8.75. The molecule has 0 aliphatic carbocycles. The quantitative estimate of drug-likeness (QED) is 0.581. The molecule has 4 N–H and O–H groups in total. The van der Waals surface area contributed by atoms with Gasteiger partial charge in [0.15, 0.2) is 0 Å². The highest BCUT2D eigenvalue weighted by atomic mass is 35.5. The number of aryl methyl sites for hydroxylation is 1. The minimum Gasteiger partial charge on any atom is -0.352 e. The fourth-order valence-electron chi connectivity index (χ4n) is 2.42. The summed E-state index contributed by atoms with van der Waals surface area (Å²) in [6.07, 6.45) is 1.66. The topological polar surface area (TPSA) is 101 Å². The molecule has 0 heterocycles. The first-order valence-electron chi connectivity index (χ1n) is 8.52. The molecule has 0 aromatic heterocycles. The molecule has 0 bridgehead atoms. The zero-order valence-electron chi connectivity index (χ0n) is 15.5. The van der Waals surface area contributed by atoms with Gasteiger partial charge < -0.3 is 11.1 Å². The molecular weight excluding hydrogens is 386 g/mol. The van der Waals surface area contributed by atoms with Gasteiger partial charge in [-0.2, -0.15) is 0 Å². The van der Waals surface area contributed by atoms with Gasteiger partial charge >= 0.3 is 0 Å². The van der Waals surface area contributed by atoms with E-state index in [1.54, 1.807) is 12.1 Å². The van der Waals surface area contributed by atoms with Crippen LogP contribution in [0.5, 0.6) is 0 Å². The number of amides is 1. The van der Waals surface area contributed by atoms with Crippen LogP contribution in [-0.2, 0) is 10.0 Å². The van der Waals surface area contributed by atoms with Crippen molar-refractivity contribution in [3.8, 4) is 0 Å². The predicted octanol–water partition coefficient (Wildman–Crippen LogP) is 2.99. The molecule has 0 aliphatic heterocycles. The summed E-state index contributed by atoms with van der Waals surface area (Å²) in [4.78, 5) is 12.1. The lowest BCUT2D eigenvalue weighted by Crippen LogP contribution is -2.25. The van der Waals surface area contributed by atoms with Crippen molar-refractivity contribution in [1.29, 1.82) is 0 Å². The highest BCUT2D eigenvalue weighted by Gasteiger charge is 2.16. The standard InChI is InChI=1S/C19H25N3O3S.ClH/c1-14-6-5-7-18(15(14)2)22-26(24,25)17-10-8-16(9-11-17)19(23)21-13-4-3-12-20;/h5-11,22H,3-4,12-13,20H2,1-2H3,(H,21,23);1H. The number of hydrogen-bond acceptors (Lipinski definition) is 4. The number of rotatable bonds is 8. The number of carbonyl (C=O) groups is 1. The summed E-state index contributed by atoms with van der Waals surface area (Å²) in [5.74, 6) is -0.228. The largest absolute Gasteiger partial charge is 0.352 e. The van der Waals surface area contributed by atoms with Crippen LogP contribution in [0, 0.1) is 13.8 Å². The van der Waals surface area contributed by atoms with E-state index in [2.05, 4.69) is 10.0 Å². The summed E-state index contributed by atoms with van der Waals surface area (Å²) in [7, 11) is -3.71. The molecule has 1 amide bonds. The number of hydrogen-bond donors (Lipinski definition) is 3. The van der Waals surface area contributed by atoms with Crippen LogP contribution in [-0.4, -0.2) is 27.4 Å². The van der Waals surface area contributed by atoms with E-state index in [1.807, 2.05) is 19.9 Å². The minimum atomic E-state index is -3.71. The second-order valence-corrected chi connectivity index (χ2v) is 7.81. The van der Waals surface area contributed by atoms with Gasteiger partial charge in [0.25, 0.3) is 15.9 Å². The van der Waals surface area contributed by atoms with Gasteiger partial charge in [0.1, 0.15) is 0 Å². The van der Waals surface area contributed by atoms with Gasteiger partial charge in [-0.15, -0.1) is 12.4 Å². The van der Waals surface area contributed by atoms with Gasteiger partial charge in [0.05, 0.1) is 10.6 Å². The van der Waals surface area contributed by atoms with E-state index in [-0.39, 0.29) is 23.2 Å². The second-order valence-electron chi connectivity index (χ2n) is 6.13. The number of nitrogens with one attached hydrogen (secondary N) is 2. The molecule has 0 aliphatic rings. The van der Waals surface area contributed by atoms with Gasteiger partial charge in [-0.3, -0.25) is 9.52 Å². The maximum Gasteiger partial charge on any atom is 0.261 e. The fraction of sp³-hybridized carbons (Fsp3) is 0.316. The number of sulfonamides is 1. The summed E-state index contributed by atoms with van der Waals surface area (Å²) in [5, 5.41) is 2.79. The average Bonchev–Trinajstić information content (AvgIpc) is 2.62. The Labute approximate surface area is 167 Å². The number of unbranched alkanes of at least 4 members (excludes halogenated alkanes) is 1. The van der Waals surface area contributed by atoms with Gasteiger partial charge in [0, 0.05) is 12.1 Å². The summed E-state index contributed by atoms with van der Waals surface area (Å²) in [6.45, 7) is 4.93. The van der Waals surface area contributed by atoms with Crippen LogP contribution >= 0.6 is 12.4 Å². The molecule has 0 saturated heterocycles. The lowest BCUT2D eigenvalue weighted by molar-refractivity contribution is 0.0953. The molecule has 6 nitrogen and oxygen atoms in total. The maximum absolute atomic E-state index is 12.6. The van der Waals surface area contributed by atoms with Crippen molar-refractivity contribution in [2.75, 3.05) is 17.8 Å². The van der Waals surface area contributed by atoms with E-state index >= 15 is 0 Å². The Morgan fingerprint density at radius 3 is 2.33 bits per heavy atom. The number of benzene rings is 2. The molecule has 27 heavy (non-hydrogen) atoms. The highest BCUT2D eigenvalue weighted by molar-refractivity contribution is 7.92. The molecule has 0 saturated carbocycles. The summed E-state index contributed by atoms with van der Waals surface area (Å²) in [6, 6.07) is 11.3. The first-order valence-corrected chi connectivity index (χ1v) is 10.0. The van der Waals surface area contributed by atoms with Gasteiger partial charge in [0.2, 0.25) is 0 Å². The van der Waals surface area contributed by atoms with Gasteiger partial charge in [-0.1, -0.05) is 12.1 Å². The summed E-state index contributed by atoms with van der Waals surface area (Å²) >= 11 is 0. The zero-order chi connectivity index (χ0) is 19.2. The van der Waals surface area contributed by atoms with Crippen LogP contribution in [0.25, 0.3) is 0 Å². The third-order valence-electron chi connectivity index (χ3n) is 4.19. The van der Waals surface area contributed by atoms with E-state index in [4.69, 9.17) is 5.73 Å². The summed E-state index contributed by atoms with van der Waals surface area (Å²) in [5.41, 5.74) is 8.26. The molecule has 0 radical (unpaired) electrons. The van der Waals surface area contributed by atoms with E-state index in [0.717, 1.165) is 24.0 Å². The van der Waals surface area contributed by atoms with Crippen LogP contribution in [0.1, 0.15) is 34.3 Å². The van der Waals surface area contributed by atoms with Crippen molar-refractivity contribution < 1.29 is 13.2 Å². The van der Waals surface area contributed by atoms with Crippen LogP contribution in [0.4, 0.5) is 5.69 Å². The Hall–Kier alpha value is -2.09. The van der Waals surface area contributed by atoms with Crippen LogP contribution in [0.3, 0.4) is 0 Å². The molecule has 0 atom stereocenters. The van der Waals surface area contributed by atoms with Crippen molar-refractivity contribution in [2.24, 2.45) is 5.73 Å². The Morgan fingerprint density at radius 1 is 1.04 bits per heavy atom. The number of halogens is 1. The normalized spacial score (nSPS) is 10.8. The molecule has 0 fully saturated rings. The molecule has 2 rings (SSSR count). The maximum atomic E-state index is 12.6.